The average molecular weight is 281 g/mol. The fraction of sp³-hybridized carbons (Fsp3) is 0.400. The minimum atomic E-state index is -2.67. The van der Waals surface area contributed by atoms with Crippen molar-refractivity contribution in [1.82, 2.24) is 0 Å². The van der Waals surface area contributed by atoms with Gasteiger partial charge in [-0.3, -0.25) is 10.1 Å². The average Bonchev–Trinajstić information content (AvgIpc) is 2.27. The van der Waals surface area contributed by atoms with E-state index in [0.29, 0.717) is 0 Å². The summed E-state index contributed by atoms with van der Waals surface area (Å²) in [4.78, 5) is 11.2. The second-order valence-corrected chi connectivity index (χ2v) is 3.83. The molecule has 0 amide bonds. The Morgan fingerprint density at radius 2 is 2.17 bits per heavy atom. The molecule has 1 aromatic carbocycles. The second-order valence-electron chi connectivity index (χ2n) is 3.43. The van der Waals surface area contributed by atoms with Gasteiger partial charge in [0.25, 0.3) is 6.43 Å². The highest BCUT2D eigenvalue weighted by Crippen LogP contribution is 2.35. The Morgan fingerprint density at radius 1 is 1.50 bits per heavy atom. The maximum Gasteiger partial charge on any atom is 0.310 e. The van der Waals surface area contributed by atoms with E-state index in [0.717, 1.165) is 4.90 Å². The van der Waals surface area contributed by atoms with Gasteiger partial charge in [-0.05, 0) is 12.1 Å². The number of rotatable bonds is 6. The summed E-state index contributed by atoms with van der Waals surface area (Å²) in [5.74, 6) is 0. The molecular weight excluding hydrogens is 270 g/mol. The summed E-state index contributed by atoms with van der Waals surface area (Å²) in [6, 6.07) is 4.06. The summed E-state index contributed by atoms with van der Waals surface area (Å²) in [6.07, 6.45) is -2.67. The van der Waals surface area contributed by atoms with Crippen LogP contribution in [-0.4, -0.2) is 36.2 Å². The summed E-state index contributed by atoms with van der Waals surface area (Å²) >= 11 is 5.69. The predicted octanol–water partition coefficient (Wildman–Crippen LogP) is 2.31. The molecule has 100 valence electrons. The molecular formula is C10H11ClF2N2O3. The molecule has 0 aliphatic rings. The van der Waals surface area contributed by atoms with Crippen molar-refractivity contribution in [2.24, 2.45) is 0 Å². The smallest absolute Gasteiger partial charge is 0.310 e. The van der Waals surface area contributed by atoms with Gasteiger partial charge in [0.15, 0.2) is 0 Å². The van der Waals surface area contributed by atoms with E-state index in [-0.39, 0.29) is 17.3 Å². The van der Waals surface area contributed by atoms with Crippen LogP contribution in [-0.2, 0) is 0 Å². The van der Waals surface area contributed by atoms with Gasteiger partial charge in [-0.2, -0.15) is 0 Å². The molecule has 8 heteroatoms. The lowest BCUT2D eigenvalue weighted by molar-refractivity contribution is -0.384. The Bertz CT molecular complexity index is 432. The molecule has 0 atom stereocenters. The van der Waals surface area contributed by atoms with Crippen molar-refractivity contribution >= 4 is 23.0 Å². The van der Waals surface area contributed by atoms with Crippen LogP contribution in [0.3, 0.4) is 0 Å². The fourth-order valence-corrected chi connectivity index (χ4v) is 1.78. The van der Waals surface area contributed by atoms with E-state index in [9.17, 15) is 18.9 Å². The van der Waals surface area contributed by atoms with Crippen molar-refractivity contribution < 1.29 is 18.8 Å². The molecule has 18 heavy (non-hydrogen) atoms. The topological polar surface area (TPSA) is 66.6 Å². The highest BCUT2D eigenvalue weighted by Gasteiger charge is 2.24. The number of hydrogen-bond donors (Lipinski definition) is 1. The molecule has 0 saturated heterocycles. The van der Waals surface area contributed by atoms with E-state index in [4.69, 9.17) is 16.7 Å². The van der Waals surface area contributed by atoms with Crippen molar-refractivity contribution in [3.8, 4) is 0 Å². The number of benzene rings is 1. The molecule has 0 heterocycles. The SMILES string of the molecule is O=[N+]([O-])c1c(Cl)cccc1N(CCO)CC(F)F. The molecule has 0 spiro atoms. The third kappa shape index (κ3) is 3.51. The summed E-state index contributed by atoms with van der Waals surface area (Å²) < 4.78 is 24.8. The zero-order valence-corrected chi connectivity index (χ0v) is 9.98. The Morgan fingerprint density at radius 3 is 2.67 bits per heavy atom. The van der Waals surface area contributed by atoms with Gasteiger partial charge in [-0.25, -0.2) is 8.78 Å². The first-order chi connectivity index (χ1) is 8.47. The second kappa shape index (κ2) is 6.46. The standard InChI is InChI=1S/C10H11ClF2N2O3/c11-7-2-1-3-8(10(7)15(17)18)14(4-5-16)6-9(12)13/h1-3,9,16H,4-6H2. The molecule has 1 aromatic rings. The molecule has 0 unspecified atom stereocenters. The first-order valence-electron chi connectivity index (χ1n) is 5.04. The van der Waals surface area contributed by atoms with Gasteiger partial charge >= 0.3 is 5.69 Å². The Balaban J connectivity index is 3.18. The first-order valence-corrected chi connectivity index (χ1v) is 5.42. The summed E-state index contributed by atoms with van der Waals surface area (Å²) in [5.41, 5.74) is -0.463. The molecule has 1 rings (SSSR count). The van der Waals surface area contributed by atoms with Gasteiger partial charge in [-0.15, -0.1) is 0 Å². The molecule has 0 aromatic heterocycles. The van der Waals surface area contributed by atoms with E-state index >= 15 is 0 Å². The van der Waals surface area contributed by atoms with Crippen molar-refractivity contribution in [1.29, 1.82) is 0 Å². The maximum absolute atomic E-state index is 12.4. The lowest BCUT2D eigenvalue weighted by Gasteiger charge is -2.23. The Hall–Kier alpha value is -1.47. The van der Waals surface area contributed by atoms with E-state index < -0.39 is 30.2 Å². The number of nitro groups is 1. The van der Waals surface area contributed by atoms with Crippen LogP contribution in [0, 0.1) is 10.1 Å². The van der Waals surface area contributed by atoms with Crippen LogP contribution in [0.5, 0.6) is 0 Å². The van der Waals surface area contributed by atoms with Crippen LogP contribution in [0.15, 0.2) is 18.2 Å². The van der Waals surface area contributed by atoms with E-state index in [1.165, 1.54) is 18.2 Å². The molecule has 0 aliphatic carbocycles. The molecule has 0 aliphatic heterocycles. The van der Waals surface area contributed by atoms with Crippen LogP contribution in [0.4, 0.5) is 20.2 Å². The highest BCUT2D eigenvalue weighted by atomic mass is 35.5. The van der Waals surface area contributed by atoms with Gasteiger partial charge in [0, 0.05) is 6.54 Å². The number of anilines is 1. The van der Waals surface area contributed by atoms with Gasteiger partial charge in [0.1, 0.15) is 10.7 Å². The number of halogens is 3. The minimum absolute atomic E-state index is 0.0261. The predicted molar refractivity (Wildman–Crippen MR) is 63.4 cm³/mol. The molecule has 5 nitrogen and oxygen atoms in total. The summed E-state index contributed by atoms with van der Waals surface area (Å²) in [6.45, 7) is -1.23. The molecule has 1 N–H and O–H groups in total. The number of aliphatic hydroxyl groups excluding tert-OH is 1. The van der Waals surface area contributed by atoms with Gasteiger partial charge in [0.2, 0.25) is 0 Å². The van der Waals surface area contributed by atoms with Crippen molar-refractivity contribution in [3.05, 3.63) is 33.3 Å². The van der Waals surface area contributed by atoms with Crippen LogP contribution in [0.1, 0.15) is 0 Å². The van der Waals surface area contributed by atoms with E-state index in [2.05, 4.69) is 0 Å². The third-order valence-electron chi connectivity index (χ3n) is 2.22. The zero-order valence-electron chi connectivity index (χ0n) is 9.22. The minimum Gasteiger partial charge on any atom is -0.395 e. The lowest BCUT2D eigenvalue weighted by Crippen LogP contribution is -2.32. The van der Waals surface area contributed by atoms with Crippen LogP contribution in [0.25, 0.3) is 0 Å². The van der Waals surface area contributed by atoms with Crippen LogP contribution < -0.4 is 4.90 Å². The number of alkyl halides is 2. The van der Waals surface area contributed by atoms with Gasteiger partial charge in [0.05, 0.1) is 18.1 Å². The molecule has 0 fully saturated rings. The van der Waals surface area contributed by atoms with Crippen molar-refractivity contribution in [3.63, 3.8) is 0 Å². The number of aliphatic hydroxyl groups is 1. The Labute approximate surface area is 107 Å². The van der Waals surface area contributed by atoms with Gasteiger partial charge < -0.3 is 10.0 Å². The Kier molecular flexibility index (Phi) is 5.24. The van der Waals surface area contributed by atoms with Crippen LogP contribution in [0.2, 0.25) is 5.02 Å². The first kappa shape index (κ1) is 14.6. The third-order valence-corrected chi connectivity index (χ3v) is 2.52. The highest BCUT2D eigenvalue weighted by molar-refractivity contribution is 6.33. The van der Waals surface area contributed by atoms with E-state index in [1.54, 1.807) is 0 Å². The van der Waals surface area contributed by atoms with E-state index in [1.807, 2.05) is 0 Å². The van der Waals surface area contributed by atoms with Gasteiger partial charge in [-0.1, -0.05) is 17.7 Å². The van der Waals surface area contributed by atoms with Crippen molar-refractivity contribution in [2.45, 2.75) is 6.43 Å². The summed E-state index contributed by atoms with van der Waals surface area (Å²) in [5, 5.41) is 19.6. The zero-order chi connectivity index (χ0) is 13.7. The number of nitro benzene ring substituents is 1. The molecule has 0 saturated carbocycles. The molecule has 0 bridgehead atoms. The monoisotopic (exact) mass is 280 g/mol. The maximum atomic E-state index is 12.4. The summed E-state index contributed by atoms with van der Waals surface area (Å²) in [7, 11) is 0. The van der Waals surface area contributed by atoms with Crippen LogP contribution >= 0.6 is 11.6 Å². The number of nitrogens with zero attached hydrogens (tertiary/aromatic N) is 2. The number of para-hydroxylation sites is 1. The normalized spacial score (nSPS) is 10.7. The molecule has 0 radical (unpaired) electrons. The van der Waals surface area contributed by atoms with Crippen molar-refractivity contribution in [2.75, 3.05) is 24.6 Å². The lowest BCUT2D eigenvalue weighted by atomic mass is 10.2. The number of hydrogen-bond acceptors (Lipinski definition) is 4. The fourth-order valence-electron chi connectivity index (χ4n) is 1.54. The largest absolute Gasteiger partial charge is 0.395 e. The quantitative estimate of drug-likeness (QED) is 0.641.